The fraction of sp³-hybridized carbons (Fsp3) is 0.500. The lowest BCUT2D eigenvalue weighted by Gasteiger charge is -2.26. The van der Waals surface area contributed by atoms with Crippen LogP contribution in [0.2, 0.25) is 0 Å². The molecule has 1 saturated heterocycles. The van der Waals surface area contributed by atoms with Crippen LogP contribution in [-0.4, -0.2) is 69.7 Å². The molecule has 2 heterocycles. The average molecular weight is 487 g/mol. The summed E-state index contributed by atoms with van der Waals surface area (Å²) in [6.45, 7) is 4.53. The summed E-state index contributed by atoms with van der Waals surface area (Å²) < 4.78 is 5.49. The number of phenolic OH excluding ortho intramolecular Hbond substituents is 2. The van der Waals surface area contributed by atoms with Crippen LogP contribution < -0.4 is 0 Å². The summed E-state index contributed by atoms with van der Waals surface area (Å²) in [7, 11) is 0. The summed E-state index contributed by atoms with van der Waals surface area (Å²) in [6, 6.07) is 1.11. The Kier molecular flexibility index (Phi) is 9.31. The molecule has 1 aromatic carbocycles. The number of ether oxygens (including phenoxy) is 1. The zero-order valence-electron chi connectivity index (χ0n) is 20.3. The fourth-order valence-corrected chi connectivity index (χ4v) is 4.10. The van der Waals surface area contributed by atoms with Gasteiger partial charge in [0.1, 0.15) is 23.2 Å². The second-order valence-electron chi connectivity index (χ2n) is 8.95. The molecule has 0 spiro atoms. The van der Waals surface area contributed by atoms with Gasteiger partial charge in [-0.2, -0.15) is 0 Å². The summed E-state index contributed by atoms with van der Waals surface area (Å²) in [6.07, 6.45) is 9.25. The second kappa shape index (κ2) is 12.4. The van der Waals surface area contributed by atoms with E-state index < -0.39 is 23.9 Å². The van der Waals surface area contributed by atoms with E-state index in [-0.39, 0.29) is 30.2 Å². The van der Waals surface area contributed by atoms with Crippen LogP contribution in [0, 0.1) is 6.92 Å². The van der Waals surface area contributed by atoms with Crippen molar-refractivity contribution in [3.8, 4) is 11.5 Å². The summed E-state index contributed by atoms with van der Waals surface area (Å²) in [4.78, 5) is 32.5. The molecule has 2 aliphatic heterocycles. The third kappa shape index (κ3) is 7.32. The molecule has 190 valence electrons. The number of carbonyl (C=O) groups excluding carboxylic acids is 2. The molecule has 1 fully saturated rings. The van der Waals surface area contributed by atoms with E-state index in [1.807, 2.05) is 0 Å². The maximum atomic E-state index is 12.9. The predicted octanol–water partition coefficient (Wildman–Crippen LogP) is 3.15. The number of cyclic esters (lactones) is 1. The fourth-order valence-electron chi connectivity index (χ4n) is 4.10. The standard InChI is InChI=1S/C26H34N2O7/c1-17-8-6-10-20(29)11-7-9-19(27-34-16-24(32)28-12-4-3-5-13-28)14-21-18(2)22(30)15-23(31)25(21)26(33)35-17/h6-7,9-10,15,17,20,29-31H,3-5,8,11-14,16H2,1-2H3/b9-7+,10-6+,27-19-/t17-,20-/m1/s1. The number of hydrogen-bond acceptors (Lipinski definition) is 8. The Morgan fingerprint density at radius 2 is 1.91 bits per heavy atom. The van der Waals surface area contributed by atoms with Gasteiger partial charge in [-0.05, 0) is 56.7 Å². The third-order valence-corrected chi connectivity index (χ3v) is 6.13. The highest BCUT2D eigenvalue weighted by Gasteiger charge is 2.25. The van der Waals surface area contributed by atoms with Crippen molar-refractivity contribution in [1.29, 1.82) is 0 Å². The first-order chi connectivity index (χ1) is 16.8. The largest absolute Gasteiger partial charge is 0.508 e. The number of esters is 1. The SMILES string of the molecule is Cc1c(O)cc(O)c2c1CC(=N\OCC(=O)N1CCCCC1)/C=C/C[C@H](O)/C=C/C[C@@H](C)OC2=O. The number of aliphatic hydroxyl groups excluding tert-OH is 1. The Bertz CT molecular complexity index is 1010. The van der Waals surface area contributed by atoms with Crippen molar-refractivity contribution in [3.05, 3.63) is 47.1 Å². The van der Waals surface area contributed by atoms with Gasteiger partial charge in [-0.1, -0.05) is 23.4 Å². The molecular formula is C26H34N2O7. The molecule has 0 bridgehead atoms. The lowest BCUT2D eigenvalue weighted by Crippen LogP contribution is -2.37. The minimum Gasteiger partial charge on any atom is -0.508 e. The first-order valence-corrected chi connectivity index (χ1v) is 12.0. The number of carbonyl (C=O) groups is 2. The zero-order chi connectivity index (χ0) is 25.4. The molecule has 9 heteroatoms. The van der Waals surface area contributed by atoms with Crippen molar-refractivity contribution >= 4 is 17.6 Å². The van der Waals surface area contributed by atoms with Crippen LogP contribution in [0.5, 0.6) is 11.5 Å². The first-order valence-electron chi connectivity index (χ1n) is 12.0. The second-order valence-corrected chi connectivity index (χ2v) is 8.95. The number of fused-ring (bicyclic) bond motifs is 1. The Morgan fingerprint density at radius 1 is 1.17 bits per heavy atom. The Labute approximate surface area is 205 Å². The molecule has 2 atom stereocenters. The highest BCUT2D eigenvalue weighted by Crippen LogP contribution is 2.33. The lowest BCUT2D eigenvalue weighted by molar-refractivity contribution is -0.137. The Balaban J connectivity index is 1.91. The minimum absolute atomic E-state index is 0.0208. The van der Waals surface area contributed by atoms with E-state index in [2.05, 4.69) is 5.16 Å². The van der Waals surface area contributed by atoms with E-state index in [1.54, 1.807) is 43.1 Å². The molecular weight excluding hydrogens is 452 g/mol. The van der Waals surface area contributed by atoms with Crippen molar-refractivity contribution in [2.24, 2.45) is 5.16 Å². The smallest absolute Gasteiger partial charge is 0.342 e. The number of piperidine rings is 1. The van der Waals surface area contributed by atoms with Crippen molar-refractivity contribution in [2.45, 2.75) is 64.6 Å². The van der Waals surface area contributed by atoms with Crippen molar-refractivity contribution < 1.29 is 34.5 Å². The van der Waals surface area contributed by atoms with Gasteiger partial charge in [0.25, 0.3) is 5.91 Å². The maximum absolute atomic E-state index is 12.9. The number of aliphatic hydroxyl groups is 1. The molecule has 0 saturated carbocycles. The Morgan fingerprint density at radius 3 is 2.66 bits per heavy atom. The number of benzene rings is 1. The van der Waals surface area contributed by atoms with Gasteiger partial charge in [0.2, 0.25) is 0 Å². The zero-order valence-corrected chi connectivity index (χ0v) is 20.3. The van der Waals surface area contributed by atoms with E-state index in [0.29, 0.717) is 42.8 Å². The summed E-state index contributed by atoms with van der Waals surface area (Å²) in [5.41, 5.74) is 1.01. The number of phenols is 2. The van der Waals surface area contributed by atoms with E-state index in [4.69, 9.17) is 9.57 Å². The quantitative estimate of drug-likeness (QED) is 0.340. The number of aromatic hydroxyl groups is 2. The van der Waals surface area contributed by atoms with Gasteiger partial charge in [-0.25, -0.2) is 4.79 Å². The van der Waals surface area contributed by atoms with Crippen LogP contribution in [0.1, 0.15) is 60.5 Å². The van der Waals surface area contributed by atoms with Crippen molar-refractivity contribution in [3.63, 3.8) is 0 Å². The third-order valence-electron chi connectivity index (χ3n) is 6.13. The molecule has 0 unspecified atom stereocenters. The summed E-state index contributed by atoms with van der Waals surface area (Å²) in [5.74, 6) is -1.46. The lowest BCUT2D eigenvalue weighted by atomic mass is 9.94. The van der Waals surface area contributed by atoms with Crippen LogP contribution in [0.3, 0.4) is 0 Å². The van der Waals surface area contributed by atoms with Crippen LogP contribution in [0.4, 0.5) is 0 Å². The van der Waals surface area contributed by atoms with Crippen LogP contribution in [0.15, 0.2) is 35.5 Å². The number of rotatable bonds is 3. The first kappa shape index (κ1) is 26.3. The minimum atomic E-state index is -0.734. The van der Waals surface area contributed by atoms with Crippen molar-refractivity contribution in [1.82, 2.24) is 4.90 Å². The molecule has 3 N–H and O–H groups in total. The normalized spacial score (nSPS) is 24.7. The average Bonchev–Trinajstić information content (AvgIpc) is 2.82. The van der Waals surface area contributed by atoms with E-state index in [1.165, 1.54) is 0 Å². The van der Waals surface area contributed by atoms with Crippen LogP contribution >= 0.6 is 0 Å². The number of hydrogen-bond donors (Lipinski definition) is 3. The molecule has 1 aromatic rings. The molecule has 35 heavy (non-hydrogen) atoms. The van der Waals surface area contributed by atoms with Gasteiger partial charge in [0.15, 0.2) is 6.61 Å². The predicted molar refractivity (Wildman–Crippen MR) is 130 cm³/mol. The van der Waals surface area contributed by atoms with Crippen LogP contribution in [-0.2, 0) is 20.8 Å². The van der Waals surface area contributed by atoms with Gasteiger partial charge < -0.3 is 29.8 Å². The number of likely N-dealkylation sites (tertiary alicyclic amines) is 1. The van der Waals surface area contributed by atoms with E-state index >= 15 is 0 Å². The molecule has 1 amide bonds. The van der Waals surface area contributed by atoms with Gasteiger partial charge in [0, 0.05) is 32.0 Å². The van der Waals surface area contributed by atoms with Gasteiger partial charge >= 0.3 is 5.97 Å². The van der Waals surface area contributed by atoms with Crippen molar-refractivity contribution in [2.75, 3.05) is 19.7 Å². The van der Waals surface area contributed by atoms with Gasteiger partial charge in [0.05, 0.1) is 11.8 Å². The summed E-state index contributed by atoms with van der Waals surface area (Å²) >= 11 is 0. The maximum Gasteiger partial charge on any atom is 0.342 e. The molecule has 0 aromatic heterocycles. The molecule has 3 rings (SSSR count). The molecule has 0 radical (unpaired) electrons. The Hall–Kier alpha value is -3.33. The molecule has 0 aliphatic carbocycles. The molecule has 2 aliphatic rings. The number of nitrogens with zero attached hydrogens (tertiary/aromatic N) is 2. The van der Waals surface area contributed by atoms with E-state index in [0.717, 1.165) is 25.3 Å². The van der Waals surface area contributed by atoms with Gasteiger partial charge in [-0.15, -0.1) is 0 Å². The topological polar surface area (TPSA) is 129 Å². The number of amides is 1. The molecule has 9 nitrogen and oxygen atoms in total. The highest BCUT2D eigenvalue weighted by atomic mass is 16.6. The van der Waals surface area contributed by atoms with Gasteiger partial charge in [-0.3, -0.25) is 4.79 Å². The highest BCUT2D eigenvalue weighted by molar-refractivity contribution is 6.01. The number of oxime groups is 1. The van der Waals surface area contributed by atoms with Crippen LogP contribution in [0.25, 0.3) is 0 Å². The summed E-state index contributed by atoms with van der Waals surface area (Å²) in [5, 5.41) is 35.1. The van der Waals surface area contributed by atoms with E-state index in [9.17, 15) is 24.9 Å². The number of allylic oxidation sites excluding steroid dienone is 1. The monoisotopic (exact) mass is 486 g/mol.